The van der Waals surface area contributed by atoms with Crippen LogP contribution < -0.4 is 16.4 Å². The van der Waals surface area contributed by atoms with Crippen LogP contribution in [0.25, 0.3) is 0 Å². The van der Waals surface area contributed by atoms with Crippen molar-refractivity contribution in [2.45, 2.75) is 37.8 Å². The van der Waals surface area contributed by atoms with Crippen LogP contribution in [0, 0.1) is 0 Å². The minimum atomic E-state index is -1.19. The number of nitrogens with two attached hydrogens (primary N) is 1. The first-order valence-corrected chi connectivity index (χ1v) is 7.54. The van der Waals surface area contributed by atoms with Gasteiger partial charge in [-0.2, -0.15) is 0 Å². The maximum atomic E-state index is 11.8. The Balaban J connectivity index is 2.29. The maximum absolute atomic E-state index is 11.8. The van der Waals surface area contributed by atoms with Crippen LogP contribution in [0.4, 0.5) is 0 Å². The van der Waals surface area contributed by atoms with Crippen molar-refractivity contribution in [3.8, 4) is 0 Å². The lowest BCUT2D eigenvalue weighted by Crippen LogP contribution is -2.43. The van der Waals surface area contributed by atoms with Crippen LogP contribution in [0.3, 0.4) is 0 Å². The van der Waals surface area contributed by atoms with Crippen molar-refractivity contribution < 1.29 is 29.4 Å². The summed E-state index contributed by atoms with van der Waals surface area (Å²) in [6.45, 7) is 0.00335. The molecule has 0 aromatic carbocycles. The largest absolute Gasteiger partial charge is 0.480 e. The Bertz CT molecular complexity index is 603. The first kappa shape index (κ1) is 20.1. The number of nitrogens with one attached hydrogen (secondary N) is 3. The third-order valence-corrected chi connectivity index (χ3v) is 3.29. The highest BCUT2D eigenvalue weighted by molar-refractivity contribution is 5.84. The van der Waals surface area contributed by atoms with Gasteiger partial charge in [0.2, 0.25) is 11.8 Å². The monoisotopic (exact) mass is 355 g/mol. The molecule has 25 heavy (non-hydrogen) atoms. The van der Waals surface area contributed by atoms with E-state index in [-0.39, 0.29) is 32.2 Å². The molecule has 0 spiro atoms. The van der Waals surface area contributed by atoms with Crippen molar-refractivity contribution >= 4 is 23.8 Å². The van der Waals surface area contributed by atoms with Crippen molar-refractivity contribution in [1.29, 1.82) is 0 Å². The molecule has 1 aromatic rings. The van der Waals surface area contributed by atoms with Gasteiger partial charge in [-0.1, -0.05) is 0 Å². The molecule has 138 valence electrons. The van der Waals surface area contributed by atoms with E-state index in [1.54, 1.807) is 0 Å². The van der Waals surface area contributed by atoms with Crippen LogP contribution in [0.1, 0.15) is 25.0 Å². The van der Waals surface area contributed by atoms with Crippen LogP contribution in [-0.2, 0) is 25.6 Å². The number of aromatic nitrogens is 2. The molecular formula is C14H21N5O6. The molecule has 0 saturated heterocycles. The number of carboxylic acids is 2. The molecule has 2 amide bonds. The SMILES string of the molecule is N[C@@H](CCC(=O)NCCC(=O)N[C@@H](Cc1cnc[nH]1)C(=O)O)C(=O)O. The van der Waals surface area contributed by atoms with Gasteiger partial charge in [-0.25, -0.2) is 9.78 Å². The first-order chi connectivity index (χ1) is 11.8. The Morgan fingerprint density at radius 1 is 1.16 bits per heavy atom. The number of imidazole rings is 1. The molecule has 0 aliphatic carbocycles. The van der Waals surface area contributed by atoms with Gasteiger partial charge >= 0.3 is 11.9 Å². The van der Waals surface area contributed by atoms with Gasteiger partial charge in [0.15, 0.2) is 0 Å². The number of nitrogens with zero attached hydrogens (tertiary/aromatic N) is 1. The summed E-state index contributed by atoms with van der Waals surface area (Å²) in [5.41, 5.74) is 5.84. The zero-order valence-corrected chi connectivity index (χ0v) is 13.4. The van der Waals surface area contributed by atoms with Crippen molar-refractivity contribution in [2.75, 3.05) is 6.54 Å². The van der Waals surface area contributed by atoms with Gasteiger partial charge in [0.1, 0.15) is 12.1 Å². The molecule has 0 aliphatic heterocycles. The van der Waals surface area contributed by atoms with Gasteiger partial charge < -0.3 is 31.6 Å². The Morgan fingerprint density at radius 3 is 2.44 bits per heavy atom. The molecular weight excluding hydrogens is 334 g/mol. The van der Waals surface area contributed by atoms with Crippen molar-refractivity contribution in [3.05, 3.63) is 18.2 Å². The number of aromatic amines is 1. The zero-order valence-electron chi connectivity index (χ0n) is 13.4. The molecule has 11 heteroatoms. The first-order valence-electron chi connectivity index (χ1n) is 7.54. The minimum Gasteiger partial charge on any atom is -0.480 e. The molecule has 1 rings (SSSR count). The highest BCUT2D eigenvalue weighted by atomic mass is 16.4. The number of hydrogen-bond donors (Lipinski definition) is 6. The number of hydrogen-bond acceptors (Lipinski definition) is 6. The van der Waals surface area contributed by atoms with E-state index in [0.717, 1.165) is 0 Å². The summed E-state index contributed by atoms with van der Waals surface area (Å²) in [5.74, 6) is -3.34. The van der Waals surface area contributed by atoms with E-state index in [2.05, 4.69) is 20.6 Å². The lowest BCUT2D eigenvalue weighted by Gasteiger charge is -2.14. The van der Waals surface area contributed by atoms with Gasteiger partial charge in [-0.3, -0.25) is 14.4 Å². The Labute approximate surface area is 143 Å². The number of carbonyl (C=O) groups excluding carboxylic acids is 2. The molecule has 0 radical (unpaired) electrons. The number of carbonyl (C=O) groups is 4. The van der Waals surface area contributed by atoms with E-state index in [1.165, 1.54) is 12.5 Å². The Hall–Kier alpha value is -2.95. The van der Waals surface area contributed by atoms with Gasteiger partial charge in [0.05, 0.1) is 6.33 Å². The smallest absolute Gasteiger partial charge is 0.326 e. The molecule has 11 nitrogen and oxygen atoms in total. The van der Waals surface area contributed by atoms with Crippen molar-refractivity contribution in [2.24, 2.45) is 5.73 Å². The standard InChI is InChI=1S/C14H21N5O6/c15-9(13(22)23)1-2-11(20)17-4-3-12(21)19-10(14(24)25)5-8-6-16-7-18-8/h6-7,9-10H,1-5,15H2,(H,16,18)(H,17,20)(H,19,21)(H,22,23)(H,24,25)/t9-,10-/m0/s1. The topological polar surface area (TPSA) is 187 Å². The third-order valence-electron chi connectivity index (χ3n) is 3.29. The Kier molecular flexibility index (Phi) is 8.06. The van der Waals surface area contributed by atoms with Crippen LogP contribution in [0.15, 0.2) is 12.5 Å². The molecule has 0 aliphatic rings. The second-order valence-electron chi connectivity index (χ2n) is 5.32. The number of H-pyrrole nitrogens is 1. The molecule has 0 bridgehead atoms. The predicted molar refractivity (Wildman–Crippen MR) is 84.3 cm³/mol. The number of carboxylic acid groups (broad SMARTS) is 2. The lowest BCUT2D eigenvalue weighted by atomic mass is 10.1. The van der Waals surface area contributed by atoms with Crippen LogP contribution in [-0.4, -0.2) is 62.6 Å². The summed E-state index contributed by atoms with van der Waals surface area (Å²) in [6.07, 6.45) is 2.72. The highest BCUT2D eigenvalue weighted by Gasteiger charge is 2.21. The van der Waals surface area contributed by atoms with Gasteiger partial charge in [-0.05, 0) is 6.42 Å². The third kappa shape index (κ3) is 7.92. The number of rotatable bonds is 11. The fourth-order valence-corrected chi connectivity index (χ4v) is 1.90. The quantitative estimate of drug-likeness (QED) is 0.268. The number of aliphatic carboxylic acids is 2. The molecule has 0 unspecified atom stereocenters. The summed E-state index contributed by atoms with van der Waals surface area (Å²) in [6, 6.07) is -2.23. The van der Waals surface area contributed by atoms with Gasteiger partial charge in [-0.15, -0.1) is 0 Å². The van der Waals surface area contributed by atoms with E-state index in [9.17, 15) is 19.2 Å². The summed E-state index contributed by atoms with van der Waals surface area (Å²) >= 11 is 0. The fraction of sp³-hybridized carbons (Fsp3) is 0.500. The Morgan fingerprint density at radius 2 is 1.88 bits per heavy atom. The molecule has 1 heterocycles. The molecule has 2 atom stereocenters. The summed E-state index contributed by atoms with van der Waals surface area (Å²) in [7, 11) is 0. The highest BCUT2D eigenvalue weighted by Crippen LogP contribution is 1.99. The number of amides is 2. The lowest BCUT2D eigenvalue weighted by molar-refractivity contribution is -0.142. The summed E-state index contributed by atoms with van der Waals surface area (Å²) in [5, 5.41) is 22.5. The molecule has 0 fully saturated rings. The van der Waals surface area contributed by atoms with E-state index in [4.69, 9.17) is 15.9 Å². The van der Waals surface area contributed by atoms with E-state index >= 15 is 0 Å². The van der Waals surface area contributed by atoms with Crippen LogP contribution in [0.5, 0.6) is 0 Å². The van der Waals surface area contributed by atoms with Crippen LogP contribution in [0.2, 0.25) is 0 Å². The van der Waals surface area contributed by atoms with E-state index in [0.29, 0.717) is 5.69 Å². The van der Waals surface area contributed by atoms with E-state index in [1.807, 2.05) is 0 Å². The normalized spacial score (nSPS) is 12.8. The molecule has 7 N–H and O–H groups in total. The van der Waals surface area contributed by atoms with Crippen molar-refractivity contribution in [1.82, 2.24) is 20.6 Å². The average molecular weight is 355 g/mol. The zero-order chi connectivity index (χ0) is 18.8. The molecule has 0 saturated carbocycles. The van der Waals surface area contributed by atoms with E-state index < -0.39 is 35.8 Å². The minimum absolute atomic E-state index is 0.00335. The summed E-state index contributed by atoms with van der Waals surface area (Å²) in [4.78, 5) is 51.5. The fourth-order valence-electron chi connectivity index (χ4n) is 1.90. The van der Waals surface area contributed by atoms with Gasteiger partial charge in [0.25, 0.3) is 0 Å². The molecule has 1 aromatic heterocycles. The second kappa shape index (κ2) is 10.0. The maximum Gasteiger partial charge on any atom is 0.326 e. The van der Waals surface area contributed by atoms with Crippen LogP contribution >= 0.6 is 0 Å². The average Bonchev–Trinajstić information content (AvgIpc) is 3.04. The summed E-state index contributed by atoms with van der Waals surface area (Å²) < 4.78 is 0. The van der Waals surface area contributed by atoms with Crippen molar-refractivity contribution in [3.63, 3.8) is 0 Å². The predicted octanol–water partition coefficient (Wildman–Crippen LogP) is -1.78. The van der Waals surface area contributed by atoms with Gasteiger partial charge in [0, 0.05) is 37.7 Å². The second-order valence-corrected chi connectivity index (χ2v) is 5.32.